The third-order valence-electron chi connectivity index (χ3n) is 12.1. The number of rotatable bonds is 32. The van der Waals surface area contributed by atoms with Gasteiger partial charge in [0.1, 0.15) is 48.1 Å². The highest BCUT2D eigenvalue weighted by Crippen LogP contribution is 2.53. The molecule has 0 saturated carbocycles. The molecule has 2 aliphatic rings. The smallest absolute Gasteiger partial charge is 0.404 e. The molecule has 1 unspecified atom stereocenters. The van der Waals surface area contributed by atoms with Crippen molar-refractivity contribution in [2.24, 2.45) is 0 Å². The number of nitro benzene ring substituents is 1. The van der Waals surface area contributed by atoms with Crippen molar-refractivity contribution in [1.82, 2.24) is 14.6 Å². The molecule has 6 rings (SSSR count). The monoisotopic (exact) mass is 948 g/mol. The van der Waals surface area contributed by atoms with Gasteiger partial charge in [0.2, 0.25) is 5.60 Å². The summed E-state index contributed by atoms with van der Waals surface area (Å²) >= 11 is 0. The number of anilines is 1. The number of hydrogen-bond acceptors (Lipinski definition) is 15. The number of nitro groups is 1. The van der Waals surface area contributed by atoms with Gasteiger partial charge in [0, 0.05) is 18.7 Å². The number of aromatic nitrogens is 3. The molecule has 18 heteroatoms. The molecule has 67 heavy (non-hydrogen) atoms. The average molecular weight is 949 g/mol. The normalized spacial score (nSPS) is 21.2. The highest BCUT2D eigenvalue weighted by atomic mass is 31.2. The van der Waals surface area contributed by atoms with Gasteiger partial charge in [-0.1, -0.05) is 134 Å². The lowest BCUT2D eigenvalue weighted by atomic mass is 9.92. The van der Waals surface area contributed by atoms with E-state index in [0.29, 0.717) is 17.8 Å². The lowest BCUT2D eigenvalue weighted by Crippen LogP contribution is -2.40. The zero-order chi connectivity index (χ0) is 47.5. The number of benzene rings is 2. The molecular formula is C49H69N6O11P. The number of nitrogens with zero attached hydrogens (tertiary/aromatic N) is 5. The number of hydrogen-bond donors (Lipinski definition) is 1. The van der Waals surface area contributed by atoms with Crippen LogP contribution in [0.25, 0.3) is 5.52 Å². The van der Waals surface area contributed by atoms with Crippen molar-refractivity contribution in [2.75, 3.05) is 32.2 Å². The van der Waals surface area contributed by atoms with Crippen LogP contribution in [0.1, 0.15) is 135 Å². The fourth-order valence-corrected chi connectivity index (χ4v) is 9.79. The van der Waals surface area contributed by atoms with Gasteiger partial charge in [-0.25, -0.2) is 14.1 Å². The highest BCUT2D eigenvalue weighted by molar-refractivity contribution is 7.48. The molecule has 0 aliphatic carbocycles. The van der Waals surface area contributed by atoms with Crippen LogP contribution in [-0.4, -0.2) is 76.2 Å². The minimum absolute atomic E-state index is 0.00876. The molecule has 4 heterocycles. The molecule has 2 N–H and O–H groups in total. The largest absolute Gasteiger partial charge is 0.530 e. The molecular weight excluding hydrogens is 880 g/mol. The second-order valence-corrected chi connectivity index (χ2v) is 19.5. The lowest BCUT2D eigenvalue weighted by molar-refractivity contribution is -0.384. The topological polar surface area (TPSA) is 214 Å². The summed E-state index contributed by atoms with van der Waals surface area (Å²) in [5, 5.41) is 26.5. The van der Waals surface area contributed by atoms with E-state index < -0.39 is 55.2 Å². The Hall–Kier alpha value is -4.50. The van der Waals surface area contributed by atoms with E-state index >= 15 is 0 Å². The van der Waals surface area contributed by atoms with Crippen molar-refractivity contribution >= 4 is 24.8 Å². The van der Waals surface area contributed by atoms with Crippen LogP contribution in [0.2, 0.25) is 0 Å². The summed E-state index contributed by atoms with van der Waals surface area (Å²) < 4.78 is 65.6. The number of nitriles is 1. The molecule has 2 saturated heterocycles. The quantitative estimate of drug-likeness (QED) is 0.0209. The van der Waals surface area contributed by atoms with Crippen LogP contribution in [0.5, 0.6) is 5.75 Å². The lowest BCUT2D eigenvalue weighted by Gasteiger charge is -2.29. The number of phosphoric ester groups is 1. The van der Waals surface area contributed by atoms with E-state index in [-0.39, 0.29) is 37.1 Å². The SMILES string of the molecule is CCCCCCCCCCCCCCCCCCOC[C@H](COP(=O)(OC[C@H]1O[C@@](C#N)(c2ccc3c(N)ncnn23)[C@@H]2OC(C)(C)O[C@@H]21)Oc1ccc([N+](=O)[O-])cc1)OCc1ccccc1. The van der Waals surface area contributed by atoms with Gasteiger partial charge in [-0.2, -0.15) is 10.4 Å². The zero-order valence-corrected chi connectivity index (χ0v) is 40.2. The van der Waals surface area contributed by atoms with Crippen molar-refractivity contribution in [2.45, 2.75) is 166 Å². The van der Waals surface area contributed by atoms with Gasteiger partial charge < -0.3 is 33.9 Å². The maximum absolute atomic E-state index is 14.7. The standard InChI is InChI=1S/C49H69N6O11P/c1-4-5-6-7-8-9-10-11-12-13-14-15-16-17-18-22-31-59-33-41(60-32-38-23-20-19-21-24-38)34-61-67(58,66-40-27-25-39(26-28-40)55(56)57)62-35-43-45-46(65-48(2,3)64-45)49(36-50,63-43)44-30-29-42-47(51)52-37-53-54(42)44/h19-21,23-30,37,41,43,45-46H,4-18,22,31-35H2,1-3H3,(H2,51,52,53)/t41-,43-,45-,46-,49+,67?/m1/s1. The Labute approximate surface area is 394 Å². The molecule has 0 radical (unpaired) electrons. The molecule has 4 aromatic rings. The van der Waals surface area contributed by atoms with Gasteiger partial charge in [0.25, 0.3) is 5.69 Å². The van der Waals surface area contributed by atoms with Crippen molar-refractivity contribution < 1.29 is 46.7 Å². The first-order chi connectivity index (χ1) is 32.5. The minimum Gasteiger partial charge on any atom is -0.404 e. The summed E-state index contributed by atoms with van der Waals surface area (Å²) in [5.41, 5.74) is 5.85. The van der Waals surface area contributed by atoms with Crippen molar-refractivity contribution in [3.63, 3.8) is 0 Å². The fraction of sp³-hybridized carbons (Fsp3) is 0.612. The predicted octanol–water partition coefficient (Wildman–Crippen LogP) is 10.9. The third kappa shape index (κ3) is 15.0. The molecule has 2 aliphatic heterocycles. The first-order valence-electron chi connectivity index (χ1n) is 24.1. The molecule has 2 aromatic carbocycles. The van der Waals surface area contributed by atoms with Crippen LogP contribution in [0, 0.1) is 21.4 Å². The maximum Gasteiger partial charge on any atom is 0.530 e. The number of unbranched alkanes of at least 4 members (excludes halogenated alkanes) is 15. The van der Waals surface area contributed by atoms with Crippen LogP contribution in [0.4, 0.5) is 11.5 Å². The van der Waals surface area contributed by atoms with Crippen LogP contribution in [-0.2, 0) is 49.5 Å². The van der Waals surface area contributed by atoms with E-state index in [0.717, 1.165) is 24.8 Å². The van der Waals surface area contributed by atoms with Crippen LogP contribution in [0.3, 0.4) is 0 Å². The second-order valence-electron chi connectivity index (χ2n) is 17.9. The van der Waals surface area contributed by atoms with Crippen molar-refractivity contribution in [3.8, 4) is 11.8 Å². The van der Waals surface area contributed by atoms with E-state index in [2.05, 4.69) is 23.1 Å². The number of nitrogen functional groups attached to an aromatic ring is 1. The Morgan fingerprint density at radius 2 is 1.49 bits per heavy atom. The summed E-state index contributed by atoms with van der Waals surface area (Å²) in [6.45, 7) is 5.88. The Kier molecular flexibility index (Phi) is 19.9. The van der Waals surface area contributed by atoms with Crippen LogP contribution >= 0.6 is 7.82 Å². The van der Waals surface area contributed by atoms with E-state index in [9.17, 15) is 19.9 Å². The van der Waals surface area contributed by atoms with E-state index in [1.807, 2.05) is 30.3 Å². The van der Waals surface area contributed by atoms with Gasteiger partial charge >= 0.3 is 7.82 Å². The Morgan fingerprint density at radius 3 is 2.12 bits per heavy atom. The molecule has 2 aromatic heterocycles. The first-order valence-corrected chi connectivity index (χ1v) is 25.5. The average Bonchev–Trinajstić information content (AvgIpc) is 3.99. The first kappa shape index (κ1) is 51.9. The molecule has 2 fully saturated rings. The second kappa shape index (κ2) is 25.7. The molecule has 6 atom stereocenters. The summed E-state index contributed by atoms with van der Waals surface area (Å²) in [5.74, 6) is -0.942. The third-order valence-corrected chi connectivity index (χ3v) is 13.5. The van der Waals surface area contributed by atoms with E-state index in [1.54, 1.807) is 26.0 Å². The number of phosphoric acid groups is 1. The zero-order valence-electron chi connectivity index (χ0n) is 39.3. The van der Waals surface area contributed by atoms with Gasteiger partial charge in [0.15, 0.2) is 11.6 Å². The van der Waals surface area contributed by atoms with Gasteiger partial charge in [-0.15, -0.1) is 0 Å². The van der Waals surface area contributed by atoms with Crippen LogP contribution in [0.15, 0.2) is 73.1 Å². The maximum atomic E-state index is 14.7. The van der Waals surface area contributed by atoms with E-state index in [1.165, 1.54) is 119 Å². The van der Waals surface area contributed by atoms with Crippen molar-refractivity contribution in [3.05, 3.63) is 94.4 Å². The Bertz CT molecular complexity index is 2210. The molecule has 0 bridgehead atoms. The van der Waals surface area contributed by atoms with Crippen molar-refractivity contribution in [1.29, 1.82) is 5.26 Å². The summed E-state index contributed by atoms with van der Waals surface area (Å²) in [6.07, 6.45) is 18.1. The van der Waals surface area contributed by atoms with Gasteiger partial charge in [-0.3, -0.25) is 19.2 Å². The molecule has 17 nitrogen and oxygen atoms in total. The van der Waals surface area contributed by atoms with Gasteiger partial charge in [-0.05, 0) is 50.1 Å². The number of fused-ring (bicyclic) bond motifs is 2. The van der Waals surface area contributed by atoms with E-state index in [4.69, 9.17) is 43.0 Å². The van der Waals surface area contributed by atoms with Crippen LogP contribution < -0.4 is 10.3 Å². The molecule has 0 spiro atoms. The summed E-state index contributed by atoms with van der Waals surface area (Å²) in [7, 11) is -4.59. The Balaban J connectivity index is 1.05. The number of non-ortho nitro benzene ring substituents is 1. The Morgan fingerprint density at radius 1 is 0.851 bits per heavy atom. The minimum atomic E-state index is -4.59. The van der Waals surface area contributed by atoms with Gasteiger partial charge in [0.05, 0.1) is 37.0 Å². The molecule has 0 amide bonds. The summed E-state index contributed by atoms with van der Waals surface area (Å²) in [4.78, 5) is 14.9. The summed E-state index contributed by atoms with van der Waals surface area (Å²) in [6, 6.07) is 20.3. The fourth-order valence-electron chi connectivity index (χ4n) is 8.55. The highest BCUT2D eigenvalue weighted by Gasteiger charge is 2.65. The predicted molar refractivity (Wildman–Crippen MR) is 252 cm³/mol. The number of nitrogens with two attached hydrogens (primary N) is 1. The number of ether oxygens (including phenoxy) is 5. The molecule has 366 valence electrons.